The van der Waals surface area contributed by atoms with Crippen LogP contribution in [0.4, 0.5) is 0 Å². The maximum absolute atomic E-state index is 5.48. The van der Waals surface area contributed by atoms with Gasteiger partial charge in [-0.25, -0.2) is 4.98 Å². The molecule has 8 heteroatoms. The Morgan fingerprint density at radius 2 is 1.94 bits per heavy atom. The molecule has 0 radical (unpaired) electrons. The molecule has 0 aromatic carbocycles. The quantitative estimate of drug-likeness (QED) is 0.591. The van der Waals surface area contributed by atoms with Crippen LogP contribution in [-0.2, 0) is 13.6 Å². The van der Waals surface area contributed by atoms with E-state index in [1.165, 1.54) is 0 Å². The Morgan fingerprint density at radius 1 is 1.06 bits per heavy atom. The van der Waals surface area contributed by atoms with E-state index in [1.54, 1.807) is 30.4 Å². The highest BCUT2D eigenvalue weighted by Gasteiger charge is 2.19. The Balaban J connectivity index is 1.49. The number of fused-ring (bicyclic) bond motifs is 1. The van der Waals surface area contributed by atoms with Crippen LogP contribution in [0.15, 0.2) is 64.9 Å². The molecule has 4 heterocycles. The fourth-order valence-electron chi connectivity index (χ4n) is 3.56. The Bertz CT molecular complexity index is 1370. The van der Waals surface area contributed by atoms with Crippen molar-refractivity contribution in [3.05, 3.63) is 66.0 Å². The van der Waals surface area contributed by atoms with Crippen molar-refractivity contribution < 1.29 is 4.74 Å². The van der Waals surface area contributed by atoms with Crippen LogP contribution in [0.1, 0.15) is 18.1 Å². The minimum Gasteiger partial charge on any atom is -0.481 e. The maximum atomic E-state index is 5.48. The van der Waals surface area contributed by atoms with E-state index in [1.807, 2.05) is 55.5 Å². The molecule has 2 aliphatic rings. The largest absolute Gasteiger partial charge is 0.481 e. The van der Waals surface area contributed by atoms with Gasteiger partial charge in [-0.05, 0) is 25.1 Å². The van der Waals surface area contributed by atoms with E-state index in [9.17, 15) is 0 Å². The summed E-state index contributed by atoms with van der Waals surface area (Å²) in [7, 11) is 3.49. The molecule has 1 aliphatic carbocycles. The molecule has 0 spiro atoms. The number of methoxy groups -OCH3 is 1. The van der Waals surface area contributed by atoms with Gasteiger partial charge in [-0.2, -0.15) is 10.2 Å². The van der Waals surface area contributed by atoms with Gasteiger partial charge in [0, 0.05) is 60.0 Å². The lowest BCUT2D eigenvalue weighted by Gasteiger charge is -2.12. The summed E-state index contributed by atoms with van der Waals surface area (Å²) in [6.45, 7) is 2.84. The Kier molecular flexibility index (Phi) is 5.00. The van der Waals surface area contributed by atoms with Crippen molar-refractivity contribution in [1.29, 1.82) is 0 Å². The van der Waals surface area contributed by atoms with Crippen molar-refractivity contribution in [2.45, 2.75) is 19.5 Å². The first kappa shape index (κ1) is 19.7. The number of aromatic nitrogens is 5. The molecule has 8 nitrogen and oxygen atoms in total. The van der Waals surface area contributed by atoms with Gasteiger partial charge in [-0.1, -0.05) is 11.8 Å². The molecule has 1 unspecified atom stereocenters. The van der Waals surface area contributed by atoms with Crippen molar-refractivity contribution in [3.63, 3.8) is 0 Å². The summed E-state index contributed by atoms with van der Waals surface area (Å²) in [6.07, 6.45) is 14.9. The third-order valence-corrected chi connectivity index (χ3v) is 5.27. The molecule has 3 aromatic heterocycles. The first-order valence-electron chi connectivity index (χ1n) is 10.3. The normalized spacial score (nSPS) is 16.8. The Morgan fingerprint density at radius 3 is 2.69 bits per heavy atom. The second kappa shape index (κ2) is 8.12. The third-order valence-electron chi connectivity index (χ3n) is 5.27. The average molecular weight is 423 g/mol. The summed E-state index contributed by atoms with van der Waals surface area (Å²) < 4.78 is 9.10. The van der Waals surface area contributed by atoms with Crippen LogP contribution >= 0.6 is 0 Å². The van der Waals surface area contributed by atoms with Gasteiger partial charge in [-0.3, -0.25) is 19.3 Å². The van der Waals surface area contributed by atoms with Gasteiger partial charge in [0.2, 0.25) is 5.88 Å². The topological polar surface area (TPSA) is 82.5 Å². The van der Waals surface area contributed by atoms with E-state index < -0.39 is 0 Å². The molecular weight excluding hydrogens is 402 g/mol. The smallest absolute Gasteiger partial charge is 0.221 e. The monoisotopic (exact) mass is 423 g/mol. The highest BCUT2D eigenvalue weighted by atomic mass is 16.5. The van der Waals surface area contributed by atoms with E-state index in [0.29, 0.717) is 5.88 Å². The summed E-state index contributed by atoms with van der Waals surface area (Å²) in [5, 5.41) is 8.58. The molecule has 0 bridgehead atoms. The standard InChI is InChI=1S/C24H21N7O/c1-4-31-15-18(11-28-31)20-9-17(10-26-24(20)32-3)16-5-7-21-22(8-6-16)29-23(13-25-21)19-12-27-30(2)14-19/h5,7,9-15,22H,4H2,1-3H3. The lowest BCUT2D eigenvalue weighted by atomic mass is 10.0. The van der Waals surface area contributed by atoms with Gasteiger partial charge in [0.15, 0.2) is 6.04 Å². The lowest BCUT2D eigenvalue weighted by Crippen LogP contribution is -2.16. The molecule has 1 aliphatic heterocycles. The predicted molar refractivity (Wildman–Crippen MR) is 124 cm³/mol. The second-order valence-electron chi connectivity index (χ2n) is 7.38. The number of hydrogen-bond donors (Lipinski definition) is 0. The van der Waals surface area contributed by atoms with E-state index in [2.05, 4.69) is 32.0 Å². The molecule has 0 saturated heterocycles. The van der Waals surface area contributed by atoms with Gasteiger partial charge in [0.25, 0.3) is 0 Å². The molecule has 5 rings (SSSR count). The molecule has 3 aromatic rings. The van der Waals surface area contributed by atoms with Gasteiger partial charge in [-0.15, -0.1) is 0 Å². The van der Waals surface area contributed by atoms with Crippen LogP contribution in [0, 0.1) is 11.8 Å². The lowest BCUT2D eigenvalue weighted by molar-refractivity contribution is 0.399. The molecule has 32 heavy (non-hydrogen) atoms. The first-order chi connectivity index (χ1) is 15.6. The number of hydrogen-bond acceptors (Lipinski definition) is 6. The number of pyridine rings is 1. The molecule has 0 fully saturated rings. The van der Waals surface area contributed by atoms with E-state index >= 15 is 0 Å². The molecule has 0 saturated carbocycles. The zero-order chi connectivity index (χ0) is 22.1. The summed E-state index contributed by atoms with van der Waals surface area (Å²) in [6, 6.07) is 1.71. The molecular formula is C24H21N7O. The van der Waals surface area contributed by atoms with Crippen molar-refractivity contribution in [2.75, 3.05) is 7.11 Å². The molecule has 0 N–H and O–H groups in total. The summed E-state index contributed by atoms with van der Waals surface area (Å²) in [5.74, 6) is 7.06. The third kappa shape index (κ3) is 3.65. The molecule has 158 valence electrons. The minimum atomic E-state index is -0.322. The zero-order valence-corrected chi connectivity index (χ0v) is 18.0. The van der Waals surface area contributed by atoms with Crippen molar-refractivity contribution >= 4 is 17.5 Å². The number of nitrogens with zero attached hydrogens (tertiary/aromatic N) is 7. The molecule has 1 atom stereocenters. The first-order valence-corrected chi connectivity index (χ1v) is 10.3. The summed E-state index contributed by atoms with van der Waals surface area (Å²) in [5.41, 5.74) is 6.07. The maximum Gasteiger partial charge on any atom is 0.221 e. The number of allylic oxidation sites excluding steroid dienone is 3. The second-order valence-corrected chi connectivity index (χ2v) is 7.38. The van der Waals surface area contributed by atoms with Gasteiger partial charge in [0.05, 0.1) is 37.1 Å². The summed E-state index contributed by atoms with van der Waals surface area (Å²) in [4.78, 5) is 13.9. The Labute approximate surface area is 185 Å². The average Bonchev–Trinajstić information content (AvgIpc) is 3.43. The van der Waals surface area contributed by atoms with Crippen LogP contribution in [0.3, 0.4) is 0 Å². The van der Waals surface area contributed by atoms with Crippen molar-refractivity contribution in [3.8, 4) is 28.8 Å². The van der Waals surface area contributed by atoms with E-state index in [0.717, 1.165) is 45.8 Å². The van der Waals surface area contributed by atoms with E-state index in [-0.39, 0.29) is 6.04 Å². The SMILES string of the molecule is CCn1cc(-c2cc(C3=CC=C4N=CC(c5cnn(C)c5)=NC4C#C3)cnc2OC)cn1. The fourth-order valence-corrected chi connectivity index (χ4v) is 3.56. The number of ether oxygens (including phenoxy) is 1. The zero-order valence-electron chi connectivity index (χ0n) is 18.0. The predicted octanol–water partition coefficient (Wildman–Crippen LogP) is 2.93. The van der Waals surface area contributed by atoms with Crippen LogP contribution in [0.5, 0.6) is 5.88 Å². The fraction of sp³-hybridized carbons (Fsp3) is 0.208. The van der Waals surface area contributed by atoms with E-state index in [4.69, 9.17) is 9.73 Å². The van der Waals surface area contributed by atoms with Crippen LogP contribution in [-0.4, -0.2) is 49.6 Å². The Hall–Kier alpha value is -4.25. The summed E-state index contributed by atoms with van der Waals surface area (Å²) >= 11 is 0. The highest BCUT2D eigenvalue weighted by molar-refractivity contribution is 6.38. The van der Waals surface area contributed by atoms with Crippen LogP contribution < -0.4 is 4.74 Å². The molecule has 0 amide bonds. The number of aliphatic imine (C=N–C) groups is 2. The van der Waals surface area contributed by atoms with Gasteiger partial charge < -0.3 is 4.74 Å². The van der Waals surface area contributed by atoms with Gasteiger partial charge >= 0.3 is 0 Å². The van der Waals surface area contributed by atoms with Gasteiger partial charge in [0.1, 0.15) is 0 Å². The number of rotatable bonds is 5. The van der Waals surface area contributed by atoms with Crippen molar-refractivity contribution in [1.82, 2.24) is 24.5 Å². The minimum absolute atomic E-state index is 0.322. The van der Waals surface area contributed by atoms with Crippen LogP contribution in [0.2, 0.25) is 0 Å². The van der Waals surface area contributed by atoms with Crippen LogP contribution in [0.25, 0.3) is 16.7 Å². The highest BCUT2D eigenvalue weighted by Crippen LogP contribution is 2.31. The van der Waals surface area contributed by atoms with Crippen molar-refractivity contribution in [2.24, 2.45) is 17.0 Å². The number of aryl methyl sites for hydroxylation is 2.